The van der Waals surface area contributed by atoms with Crippen molar-refractivity contribution in [1.29, 1.82) is 0 Å². The molecule has 0 saturated carbocycles. The van der Waals surface area contributed by atoms with E-state index < -0.39 is 0 Å². The summed E-state index contributed by atoms with van der Waals surface area (Å²) < 4.78 is 1.09. The van der Waals surface area contributed by atoms with Crippen LogP contribution in [0.1, 0.15) is 0 Å². The molecule has 4 rings (SSSR count). The molecule has 4 heterocycles. The van der Waals surface area contributed by atoms with Crippen molar-refractivity contribution in [1.82, 2.24) is 19.9 Å². The Labute approximate surface area is 138 Å². The molecule has 7 heteroatoms. The molecule has 3 aromatic heterocycles. The number of fused-ring (bicyclic) bond motifs is 1. The van der Waals surface area contributed by atoms with Crippen molar-refractivity contribution in [3.8, 4) is 0 Å². The summed E-state index contributed by atoms with van der Waals surface area (Å²) in [6.07, 6.45) is 3.75. The number of pyridine rings is 1. The van der Waals surface area contributed by atoms with Crippen LogP contribution in [0, 0.1) is 0 Å². The lowest BCUT2D eigenvalue weighted by atomic mass is 10.3. The highest BCUT2D eigenvalue weighted by molar-refractivity contribution is 7.17. The summed E-state index contributed by atoms with van der Waals surface area (Å²) in [5.74, 6) is 1.34. The van der Waals surface area contributed by atoms with Gasteiger partial charge in [-0.2, -0.15) is 0 Å². The highest BCUT2D eigenvalue weighted by atomic mass is 32.1. The average Bonchev–Trinajstić information content (AvgIpc) is 3.04. The Morgan fingerprint density at radius 2 is 1.91 bits per heavy atom. The van der Waals surface area contributed by atoms with E-state index in [2.05, 4.69) is 43.2 Å². The standard InChI is InChI=1S/C16H18N6S/c1-21-5-7-22(8-6-21)12-2-3-15(17-10-12)20-16-18-11-14-13(19-16)4-9-23-14/h2-4,9-11H,5-8H2,1H3,(H,17,18,19,20). The van der Waals surface area contributed by atoms with E-state index in [-0.39, 0.29) is 0 Å². The number of nitrogens with zero attached hydrogens (tertiary/aromatic N) is 5. The largest absolute Gasteiger partial charge is 0.368 e. The number of anilines is 3. The maximum absolute atomic E-state index is 4.49. The van der Waals surface area contributed by atoms with Gasteiger partial charge in [0.25, 0.3) is 0 Å². The van der Waals surface area contributed by atoms with E-state index in [1.54, 1.807) is 11.3 Å². The first kappa shape index (κ1) is 14.3. The summed E-state index contributed by atoms with van der Waals surface area (Å²) in [5.41, 5.74) is 2.12. The quantitative estimate of drug-likeness (QED) is 0.798. The maximum Gasteiger partial charge on any atom is 0.228 e. The van der Waals surface area contributed by atoms with Gasteiger partial charge in [-0.25, -0.2) is 15.0 Å². The fraction of sp³-hybridized carbons (Fsp3) is 0.312. The predicted molar refractivity (Wildman–Crippen MR) is 94.6 cm³/mol. The van der Waals surface area contributed by atoms with E-state index >= 15 is 0 Å². The SMILES string of the molecule is CN1CCN(c2ccc(Nc3ncc4sccc4n3)nc2)CC1. The Bertz CT molecular complexity index is 792. The van der Waals surface area contributed by atoms with Gasteiger partial charge in [0.05, 0.1) is 28.3 Å². The second-order valence-electron chi connectivity index (χ2n) is 5.68. The van der Waals surface area contributed by atoms with Crippen molar-refractivity contribution in [3.63, 3.8) is 0 Å². The molecule has 0 amide bonds. The Morgan fingerprint density at radius 3 is 2.70 bits per heavy atom. The molecule has 0 spiro atoms. The molecule has 0 bridgehead atoms. The second-order valence-corrected chi connectivity index (χ2v) is 6.63. The third kappa shape index (κ3) is 3.11. The smallest absolute Gasteiger partial charge is 0.228 e. The molecule has 0 radical (unpaired) electrons. The monoisotopic (exact) mass is 326 g/mol. The molecule has 23 heavy (non-hydrogen) atoms. The Hall–Kier alpha value is -2.25. The lowest BCUT2D eigenvalue weighted by Gasteiger charge is -2.33. The predicted octanol–water partition coefficient (Wildman–Crippen LogP) is 2.58. The summed E-state index contributed by atoms with van der Waals surface area (Å²) in [6.45, 7) is 4.27. The van der Waals surface area contributed by atoms with Crippen molar-refractivity contribution in [2.45, 2.75) is 0 Å². The summed E-state index contributed by atoms with van der Waals surface area (Å²) in [6, 6.07) is 6.08. The molecule has 0 atom stereocenters. The normalized spacial score (nSPS) is 16.0. The topological polar surface area (TPSA) is 57.2 Å². The van der Waals surface area contributed by atoms with Crippen LogP contribution in [0.4, 0.5) is 17.5 Å². The molecule has 1 N–H and O–H groups in total. The van der Waals surface area contributed by atoms with Crippen LogP contribution >= 0.6 is 11.3 Å². The van der Waals surface area contributed by atoms with Gasteiger partial charge in [-0.05, 0) is 30.6 Å². The van der Waals surface area contributed by atoms with Crippen molar-refractivity contribution in [3.05, 3.63) is 36.0 Å². The summed E-state index contributed by atoms with van der Waals surface area (Å²) in [5, 5.41) is 5.19. The van der Waals surface area contributed by atoms with E-state index in [4.69, 9.17) is 0 Å². The fourth-order valence-corrected chi connectivity index (χ4v) is 3.34. The number of hydrogen-bond acceptors (Lipinski definition) is 7. The molecule has 6 nitrogen and oxygen atoms in total. The van der Waals surface area contributed by atoms with Crippen molar-refractivity contribution < 1.29 is 0 Å². The zero-order valence-electron chi connectivity index (χ0n) is 12.9. The number of rotatable bonds is 3. The summed E-state index contributed by atoms with van der Waals surface area (Å²) in [4.78, 5) is 18.0. The number of aromatic nitrogens is 3. The molecule has 3 aromatic rings. The fourth-order valence-electron chi connectivity index (χ4n) is 2.65. The number of piperazine rings is 1. The molecule has 1 saturated heterocycles. The molecular weight excluding hydrogens is 308 g/mol. The van der Waals surface area contributed by atoms with Gasteiger partial charge in [0.2, 0.25) is 5.95 Å². The van der Waals surface area contributed by atoms with E-state index in [0.717, 1.165) is 47.9 Å². The molecule has 0 aliphatic carbocycles. The number of likely N-dealkylation sites (N-methyl/N-ethyl adjacent to an activating group) is 1. The van der Waals surface area contributed by atoms with E-state index in [0.29, 0.717) is 5.95 Å². The molecule has 118 valence electrons. The van der Waals surface area contributed by atoms with Gasteiger partial charge in [0.15, 0.2) is 0 Å². The van der Waals surface area contributed by atoms with Gasteiger partial charge < -0.3 is 15.1 Å². The van der Waals surface area contributed by atoms with Crippen LogP contribution in [0.25, 0.3) is 10.2 Å². The molecular formula is C16H18N6S. The third-order valence-electron chi connectivity index (χ3n) is 4.06. The highest BCUT2D eigenvalue weighted by Gasteiger charge is 2.14. The van der Waals surface area contributed by atoms with Crippen LogP contribution < -0.4 is 10.2 Å². The van der Waals surface area contributed by atoms with Crippen LogP contribution in [0.3, 0.4) is 0 Å². The van der Waals surface area contributed by atoms with Crippen LogP contribution in [-0.4, -0.2) is 53.1 Å². The first-order chi connectivity index (χ1) is 11.3. The van der Waals surface area contributed by atoms with E-state index in [1.165, 1.54) is 0 Å². The Balaban J connectivity index is 1.47. The van der Waals surface area contributed by atoms with Gasteiger partial charge in [-0.1, -0.05) is 0 Å². The molecule has 0 unspecified atom stereocenters. The molecule has 1 aliphatic heterocycles. The average molecular weight is 326 g/mol. The lowest BCUT2D eigenvalue weighted by Crippen LogP contribution is -2.44. The van der Waals surface area contributed by atoms with Crippen LogP contribution in [0.2, 0.25) is 0 Å². The zero-order valence-corrected chi connectivity index (χ0v) is 13.8. The second kappa shape index (κ2) is 6.10. The van der Waals surface area contributed by atoms with Crippen molar-refractivity contribution >= 4 is 39.0 Å². The van der Waals surface area contributed by atoms with E-state index in [1.807, 2.05) is 29.9 Å². The van der Waals surface area contributed by atoms with Gasteiger partial charge in [0.1, 0.15) is 5.82 Å². The van der Waals surface area contributed by atoms with Gasteiger partial charge in [-0.3, -0.25) is 0 Å². The van der Waals surface area contributed by atoms with Crippen LogP contribution in [-0.2, 0) is 0 Å². The first-order valence-corrected chi connectivity index (χ1v) is 8.53. The summed E-state index contributed by atoms with van der Waals surface area (Å²) >= 11 is 1.64. The number of nitrogens with one attached hydrogen (secondary N) is 1. The Kier molecular flexibility index (Phi) is 3.80. The minimum atomic E-state index is 0.579. The van der Waals surface area contributed by atoms with Crippen molar-refractivity contribution in [2.24, 2.45) is 0 Å². The van der Waals surface area contributed by atoms with Gasteiger partial charge in [0, 0.05) is 26.2 Å². The number of thiophene rings is 1. The lowest BCUT2D eigenvalue weighted by molar-refractivity contribution is 0.313. The van der Waals surface area contributed by atoms with E-state index in [9.17, 15) is 0 Å². The first-order valence-electron chi connectivity index (χ1n) is 7.65. The minimum Gasteiger partial charge on any atom is -0.368 e. The van der Waals surface area contributed by atoms with Crippen molar-refractivity contribution in [2.75, 3.05) is 43.4 Å². The highest BCUT2D eigenvalue weighted by Crippen LogP contribution is 2.21. The van der Waals surface area contributed by atoms with Crippen LogP contribution in [0.15, 0.2) is 36.0 Å². The minimum absolute atomic E-state index is 0.579. The summed E-state index contributed by atoms with van der Waals surface area (Å²) in [7, 11) is 2.16. The Morgan fingerprint density at radius 1 is 1.04 bits per heavy atom. The molecule has 0 aromatic carbocycles. The van der Waals surface area contributed by atoms with Gasteiger partial charge >= 0.3 is 0 Å². The third-order valence-corrected chi connectivity index (χ3v) is 4.90. The zero-order chi connectivity index (χ0) is 15.6. The molecule has 1 aliphatic rings. The molecule has 1 fully saturated rings. The maximum atomic E-state index is 4.49. The van der Waals surface area contributed by atoms with Gasteiger partial charge in [-0.15, -0.1) is 11.3 Å². The number of hydrogen-bond donors (Lipinski definition) is 1. The van der Waals surface area contributed by atoms with Crippen LogP contribution in [0.5, 0.6) is 0 Å².